The summed E-state index contributed by atoms with van der Waals surface area (Å²) in [5, 5.41) is 3.18. The van der Waals surface area contributed by atoms with Crippen molar-refractivity contribution in [2.75, 3.05) is 0 Å². The first kappa shape index (κ1) is 13.9. The van der Waals surface area contributed by atoms with Crippen LogP contribution in [0.25, 0.3) is 11.0 Å². The first-order valence-corrected chi connectivity index (χ1v) is 7.91. The Balaban J connectivity index is 1.66. The standard InChI is InChI=1S/C19H17N3O/c23-19(15-8-4-10-17-18(15)21-12-11-20-17)22-16-9-3-6-13-5-1-2-7-14(13)16/h1-2,4-5,7-8,10-12,16H,3,6,9H2,(H,22,23)/t16-/m0/s1. The number of aryl methyl sites for hydroxylation is 1. The van der Waals surface area contributed by atoms with Gasteiger partial charge in [0.2, 0.25) is 0 Å². The maximum atomic E-state index is 12.8. The van der Waals surface area contributed by atoms with Crippen molar-refractivity contribution < 1.29 is 4.79 Å². The lowest BCUT2D eigenvalue weighted by molar-refractivity contribution is 0.0934. The molecule has 4 rings (SSSR count). The van der Waals surface area contributed by atoms with Crippen LogP contribution in [0.15, 0.2) is 54.9 Å². The van der Waals surface area contributed by atoms with E-state index in [-0.39, 0.29) is 11.9 Å². The van der Waals surface area contributed by atoms with E-state index < -0.39 is 0 Å². The number of nitrogens with one attached hydrogen (secondary N) is 1. The summed E-state index contributed by atoms with van der Waals surface area (Å²) in [5.41, 5.74) is 4.54. The van der Waals surface area contributed by atoms with Gasteiger partial charge in [-0.3, -0.25) is 14.8 Å². The number of nitrogens with zero attached hydrogens (tertiary/aromatic N) is 2. The lowest BCUT2D eigenvalue weighted by Gasteiger charge is -2.26. The van der Waals surface area contributed by atoms with E-state index in [1.807, 2.05) is 18.2 Å². The van der Waals surface area contributed by atoms with Gasteiger partial charge in [0.05, 0.1) is 17.1 Å². The monoisotopic (exact) mass is 303 g/mol. The van der Waals surface area contributed by atoms with Gasteiger partial charge >= 0.3 is 0 Å². The molecule has 0 saturated carbocycles. The zero-order valence-corrected chi connectivity index (χ0v) is 12.7. The molecule has 1 aromatic heterocycles. The van der Waals surface area contributed by atoms with Gasteiger partial charge in [0.1, 0.15) is 5.52 Å². The van der Waals surface area contributed by atoms with Crippen LogP contribution in [0.1, 0.15) is 40.4 Å². The SMILES string of the molecule is O=C(N[C@H]1CCCc2ccccc21)c1cccc2nccnc12. The molecule has 0 saturated heterocycles. The highest BCUT2D eigenvalue weighted by molar-refractivity contribution is 6.04. The Morgan fingerprint density at radius 1 is 1.04 bits per heavy atom. The molecule has 0 bridgehead atoms. The van der Waals surface area contributed by atoms with Gasteiger partial charge in [-0.25, -0.2) is 0 Å². The largest absolute Gasteiger partial charge is 0.345 e. The number of fused-ring (bicyclic) bond motifs is 2. The van der Waals surface area contributed by atoms with Gasteiger partial charge in [0.25, 0.3) is 5.91 Å². The minimum absolute atomic E-state index is 0.0689. The van der Waals surface area contributed by atoms with E-state index in [0.717, 1.165) is 24.8 Å². The van der Waals surface area contributed by atoms with Crippen LogP contribution >= 0.6 is 0 Å². The van der Waals surface area contributed by atoms with Crippen molar-refractivity contribution >= 4 is 16.9 Å². The highest BCUT2D eigenvalue weighted by Crippen LogP contribution is 2.29. The van der Waals surface area contributed by atoms with Crippen molar-refractivity contribution in [1.29, 1.82) is 0 Å². The minimum Gasteiger partial charge on any atom is -0.345 e. The Labute approximate surface area is 134 Å². The predicted molar refractivity (Wildman–Crippen MR) is 89.1 cm³/mol. The number of carbonyl (C=O) groups excluding carboxylic acids is 1. The lowest BCUT2D eigenvalue weighted by atomic mass is 9.87. The average Bonchev–Trinajstić information content (AvgIpc) is 2.61. The first-order chi connectivity index (χ1) is 11.3. The maximum absolute atomic E-state index is 12.8. The zero-order chi connectivity index (χ0) is 15.6. The second-order valence-corrected chi connectivity index (χ2v) is 5.85. The molecular weight excluding hydrogens is 286 g/mol. The van der Waals surface area contributed by atoms with Gasteiger partial charge in [0, 0.05) is 12.4 Å². The number of hydrogen-bond acceptors (Lipinski definition) is 3. The van der Waals surface area contributed by atoms with Crippen molar-refractivity contribution in [2.45, 2.75) is 25.3 Å². The Hall–Kier alpha value is -2.75. The normalized spacial score (nSPS) is 16.8. The second-order valence-electron chi connectivity index (χ2n) is 5.85. The Morgan fingerprint density at radius 2 is 1.91 bits per heavy atom. The van der Waals surface area contributed by atoms with Gasteiger partial charge < -0.3 is 5.32 Å². The van der Waals surface area contributed by atoms with Crippen LogP contribution < -0.4 is 5.32 Å². The van der Waals surface area contributed by atoms with Crippen LogP contribution in [0.5, 0.6) is 0 Å². The third-order valence-electron chi connectivity index (χ3n) is 4.42. The third kappa shape index (κ3) is 2.57. The fraction of sp³-hybridized carbons (Fsp3) is 0.211. The summed E-state index contributed by atoms with van der Waals surface area (Å²) >= 11 is 0. The molecule has 1 heterocycles. The van der Waals surface area contributed by atoms with E-state index in [2.05, 4.69) is 33.5 Å². The summed E-state index contributed by atoms with van der Waals surface area (Å²) in [6, 6.07) is 14.0. The number of hydrogen-bond donors (Lipinski definition) is 1. The Morgan fingerprint density at radius 3 is 2.87 bits per heavy atom. The molecule has 0 radical (unpaired) electrons. The molecule has 1 atom stereocenters. The van der Waals surface area contributed by atoms with E-state index in [4.69, 9.17) is 0 Å². The molecule has 114 valence electrons. The second kappa shape index (κ2) is 5.80. The molecule has 4 heteroatoms. The van der Waals surface area contributed by atoms with Gasteiger partial charge in [-0.1, -0.05) is 30.3 Å². The number of amides is 1. The molecule has 1 N–H and O–H groups in total. The van der Waals surface area contributed by atoms with Crippen LogP contribution in [0.3, 0.4) is 0 Å². The fourth-order valence-electron chi connectivity index (χ4n) is 3.32. The maximum Gasteiger partial charge on any atom is 0.254 e. The van der Waals surface area contributed by atoms with E-state index in [0.29, 0.717) is 11.1 Å². The van der Waals surface area contributed by atoms with Gasteiger partial charge in [-0.15, -0.1) is 0 Å². The van der Waals surface area contributed by atoms with Crippen LogP contribution in [0.2, 0.25) is 0 Å². The van der Waals surface area contributed by atoms with E-state index >= 15 is 0 Å². The molecule has 0 spiro atoms. The van der Waals surface area contributed by atoms with E-state index in [9.17, 15) is 4.79 Å². The molecule has 3 aromatic rings. The molecule has 4 nitrogen and oxygen atoms in total. The summed E-state index contributed by atoms with van der Waals surface area (Å²) in [7, 11) is 0. The average molecular weight is 303 g/mol. The van der Waals surface area contributed by atoms with Crippen LogP contribution in [0, 0.1) is 0 Å². The molecule has 0 unspecified atom stereocenters. The van der Waals surface area contributed by atoms with E-state index in [1.54, 1.807) is 18.5 Å². The number of rotatable bonds is 2. The molecule has 1 aliphatic carbocycles. The van der Waals surface area contributed by atoms with Crippen LogP contribution in [0.4, 0.5) is 0 Å². The lowest BCUT2D eigenvalue weighted by Crippen LogP contribution is -2.31. The minimum atomic E-state index is -0.0854. The summed E-state index contributed by atoms with van der Waals surface area (Å²) in [6.07, 6.45) is 6.41. The van der Waals surface area contributed by atoms with Gasteiger partial charge in [-0.2, -0.15) is 0 Å². The quantitative estimate of drug-likeness (QED) is 0.789. The molecule has 1 aliphatic rings. The smallest absolute Gasteiger partial charge is 0.254 e. The first-order valence-electron chi connectivity index (χ1n) is 7.91. The molecule has 0 fully saturated rings. The van der Waals surface area contributed by atoms with Crippen molar-refractivity contribution in [3.63, 3.8) is 0 Å². The highest BCUT2D eigenvalue weighted by atomic mass is 16.1. The summed E-state index contributed by atoms with van der Waals surface area (Å²) in [5.74, 6) is -0.0854. The highest BCUT2D eigenvalue weighted by Gasteiger charge is 2.22. The molecular formula is C19H17N3O. The summed E-state index contributed by atoms with van der Waals surface area (Å²) in [6.45, 7) is 0. The fourth-order valence-corrected chi connectivity index (χ4v) is 3.32. The summed E-state index contributed by atoms with van der Waals surface area (Å²) < 4.78 is 0. The van der Waals surface area contributed by atoms with Crippen LogP contribution in [-0.4, -0.2) is 15.9 Å². The number of carbonyl (C=O) groups is 1. The van der Waals surface area contributed by atoms with Gasteiger partial charge in [-0.05, 0) is 42.5 Å². The third-order valence-corrected chi connectivity index (χ3v) is 4.42. The predicted octanol–water partition coefficient (Wildman–Crippen LogP) is 3.44. The topological polar surface area (TPSA) is 54.9 Å². The van der Waals surface area contributed by atoms with Gasteiger partial charge in [0.15, 0.2) is 0 Å². The van der Waals surface area contributed by atoms with Crippen molar-refractivity contribution in [3.8, 4) is 0 Å². The number of aromatic nitrogens is 2. The molecule has 1 amide bonds. The zero-order valence-electron chi connectivity index (χ0n) is 12.7. The van der Waals surface area contributed by atoms with Crippen molar-refractivity contribution in [2.24, 2.45) is 0 Å². The molecule has 23 heavy (non-hydrogen) atoms. The van der Waals surface area contributed by atoms with Crippen LogP contribution in [-0.2, 0) is 6.42 Å². The van der Waals surface area contributed by atoms with Crippen molar-refractivity contribution in [1.82, 2.24) is 15.3 Å². The number of para-hydroxylation sites is 1. The Kier molecular flexibility index (Phi) is 3.50. The van der Waals surface area contributed by atoms with E-state index in [1.165, 1.54) is 11.1 Å². The summed E-state index contributed by atoms with van der Waals surface area (Å²) in [4.78, 5) is 21.3. The Bertz CT molecular complexity index is 870. The molecule has 0 aliphatic heterocycles. The number of benzene rings is 2. The van der Waals surface area contributed by atoms with Crippen molar-refractivity contribution in [3.05, 3.63) is 71.5 Å². The molecule has 2 aromatic carbocycles.